The minimum absolute atomic E-state index is 0.0387. The summed E-state index contributed by atoms with van der Waals surface area (Å²) >= 11 is 1.37. The molecule has 0 aliphatic carbocycles. The van der Waals surface area contributed by atoms with Crippen molar-refractivity contribution >= 4 is 107 Å². The lowest BCUT2D eigenvalue weighted by molar-refractivity contribution is -0.137. The Morgan fingerprint density at radius 3 is 1.02 bits per heavy atom. The van der Waals surface area contributed by atoms with Gasteiger partial charge in [-0.3, -0.25) is 87.9 Å². The van der Waals surface area contributed by atoms with E-state index in [-0.39, 0.29) is 109 Å². The second kappa shape index (κ2) is 61.0. The number of amides is 15. The summed E-state index contributed by atoms with van der Waals surface area (Å²) in [6.45, 7) is 20.2. The molecule has 0 saturated carbocycles. The summed E-state index contributed by atoms with van der Waals surface area (Å²) in [5, 5.41) is 45.2. The Kier molecular flexibility index (Phi) is 56.7. The maximum absolute atomic E-state index is 14.7. The van der Waals surface area contributed by atoms with Crippen molar-refractivity contribution < 1.29 is 76.7 Å². The van der Waals surface area contributed by atoms with Gasteiger partial charge < -0.3 is 137 Å². The van der Waals surface area contributed by atoms with Crippen LogP contribution in [-0.4, -0.2) is 250 Å². The second-order valence-electron chi connectivity index (χ2n) is 30.9. The van der Waals surface area contributed by atoms with Crippen molar-refractivity contribution in [2.75, 3.05) is 51.3 Å². The molecular formula is C75H147N27O16S. The van der Waals surface area contributed by atoms with E-state index < -0.39 is 223 Å². The van der Waals surface area contributed by atoms with Crippen molar-refractivity contribution in [3.63, 3.8) is 0 Å². The molecule has 43 nitrogen and oxygen atoms in total. The van der Waals surface area contributed by atoms with Gasteiger partial charge in [0.05, 0.1) is 25.0 Å². The topological polar surface area (TPSA) is 738 Å². The van der Waals surface area contributed by atoms with Gasteiger partial charge in [-0.1, -0.05) is 88.5 Å². The molecule has 0 unspecified atom stereocenters. The molecule has 17 atom stereocenters. The average molecular weight is 1720 g/mol. The number of nitrogens with two attached hydrogens (primary N) is 10. The molecule has 119 heavy (non-hydrogen) atoms. The van der Waals surface area contributed by atoms with E-state index in [0.29, 0.717) is 50.6 Å². The first-order valence-corrected chi connectivity index (χ1v) is 42.7. The first-order chi connectivity index (χ1) is 56.0. The minimum Gasteiger partial charge on any atom is -0.370 e. The van der Waals surface area contributed by atoms with Gasteiger partial charge >= 0.3 is 0 Å². The van der Waals surface area contributed by atoms with E-state index in [1.165, 1.54) is 25.6 Å². The number of nitrogens with one attached hydrogen (secondary N) is 17. The summed E-state index contributed by atoms with van der Waals surface area (Å²) in [5.74, 6) is -14.4. The van der Waals surface area contributed by atoms with E-state index in [1.54, 1.807) is 75.5 Å². The molecule has 0 rings (SSSR count). The predicted octanol–water partition coefficient (Wildman–Crippen LogP) is -7.98. The van der Waals surface area contributed by atoms with Crippen LogP contribution in [0.5, 0.6) is 0 Å². The van der Waals surface area contributed by atoms with E-state index in [9.17, 15) is 76.7 Å². The zero-order chi connectivity index (χ0) is 90.8. The highest BCUT2D eigenvalue weighted by atomic mass is 32.2. The molecule has 0 aromatic carbocycles. The van der Waals surface area contributed by atoms with Gasteiger partial charge in [0.25, 0.3) is 0 Å². The Hall–Kier alpha value is -8.41. The van der Waals surface area contributed by atoms with Gasteiger partial charge in [0.15, 0.2) is 0 Å². The quantitative estimate of drug-likeness (QED) is 0.0153. The number of primary amides is 1. The summed E-state index contributed by atoms with van der Waals surface area (Å²) in [7, 11) is 0. The van der Waals surface area contributed by atoms with Crippen LogP contribution >= 0.6 is 11.8 Å². The molecule has 44 heteroatoms. The monoisotopic (exact) mass is 1710 g/mol. The SMILES string of the molecule is CC[C@H](C)[C@H](NC(=O)[C@H](C)NC(=O)[C@H](CCCNC(N)N)NC(=O)[C@@H](NC(=O)[C@H](CCCCN)NC(=O)[C@H](CC(N)=O)NC(=O)[C@H](CCCNC(N)N)NC(=O)[C@@H](NC(=O)[C@@H](N)C(C)C)[C@@H](C)CC)[C@@H](C)CC)C(=O)NCC(=O)N[C@@H](CCCCN)C(=O)N[C@@H](CCSC)C(=O)N[C@@H](C)C(=O)N[C@@H](CCCNC(N)N)C(=O)N[C@H](C=O)C(C)C. The Morgan fingerprint density at radius 1 is 0.345 bits per heavy atom. The molecular weight excluding hydrogens is 1570 g/mol. The summed E-state index contributed by atoms with van der Waals surface area (Å²) in [4.78, 5) is 221. The van der Waals surface area contributed by atoms with Crippen LogP contribution < -0.4 is 148 Å². The van der Waals surface area contributed by atoms with Gasteiger partial charge in [-0.2, -0.15) is 11.8 Å². The van der Waals surface area contributed by atoms with Crippen LogP contribution in [0, 0.1) is 29.6 Å². The third-order valence-electron chi connectivity index (χ3n) is 20.0. The summed E-state index contributed by atoms with van der Waals surface area (Å²) in [6, 6.07) is -18.1. The first kappa shape index (κ1) is 111. The van der Waals surface area contributed by atoms with Crippen LogP contribution in [0.1, 0.15) is 192 Å². The van der Waals surface area contributed by atoms with Crippen LogP contribution in [0.3, 0.4) is 0 Å². The van der Waals surface area contributed by atoms with Crippen molar-refractivity contribution in [3.05, 3.63) is 0 Å². The molecule has 0 aromatic heterocycles. The number of carbonyl (C=O) groups excluding carboxylic acids is 16. The minimum atomic E-state index is -1.75. The molecule has 0 heterocycles. The number of aldehydes is 1. The third-order valence-corrected chi connectivity index (χ3v) is 20.7. The standard InChI is InChI=1S/C75H147N27O16S/c1-14-41(8)57(70(116)89-37-55(105)92-46(24-17-19-30-76)64(110)95-51(29-35-119-13)63(109)90-44(11)60(106)93-49(27-22-33-87-74(82)83)66(112)99-53(38-103)39(4)5)100-61(107)45(12)91-62(108)48(26-21-32-86-73(80)81)96-71(117)58(42(9)15-2)101-67(113)47(25-18-20-31-77)94-68(114)52(36-54(78)104)98-65(111)50(28-23-34-88-75(84)85)97-72(118)59(43(10)16-3)102-69(115)56(79)40(6)7/h38-53,56-59,73-75,86-88H,14-37,76-77,79-85H2,1-13H3,(H2,78,104)(H,89,116)(H,90,109)(H,91,108)(H,92,105)(H,93,106)(H,94,114)(H,95,110)(H,96,117)(H,97,118)(H,98,111)(H,99,112)(H,100,107)(H,101,113)(H,102,115)/t41-,42-,43-,44-,45-,46-,47-,48-,49-,50-,51-,52-,53+,56-,57-,58-,59-/m0/s1. The molecule has 0 bridgehead atoms. The van der Waals surface area contributed by atoms with Crippen molar-refractivity contribution in [2.45, 2.75) is 296 Å². The van der Waals surface area contributed by atoms with Gasteiger partial charge in [0.1, 0.15) is 97.7 Å². The highest BCUT2D eigenvalue weighted by Gasteiger charge is 2.39. The van der Waals surface area contributed by atoms with Crippen molar-refractivity contribution in [1.29, 1.82) is 0 Å². The van der Waals surface area contributed by atoms with E-state index in [2.05, 4.69) is 90.4 Å². The first-order valence-electron chi connectivity index (χ1n) is 41.3. The van der Waals surface area contributed by atoms with E-state index in [4.69, 9.17) is 57.3 Å². The maximum Gasteiger partial charge on any atom is 0.243 e. The van der Waals surface area contributed by atoms with Crippen LogP contribution in [0.2, 0.25) is 0 Å². The largest absolute Gasteiger partial charge is 0.370 e. The Balaban J connectivity index is 6.93. The molecule has 0 aliphatic heterocycles. The Labute approximate surface area is 704 Å². The van der Waals surface area contributed by atoms with Gasteiger partial charge in [0.2, 0.25) is 88.6 Å². The molecule has 684 valence electrons. The van der Waals surface area contributed by atoms with Crippen LogP contribution in [0.15, 0.2) is 0 Å². The number of carbonyl (C=O) groups is 16. The van der Waals surface area contributed by atoms with E-state index in [1.807, 2.05) is 0 Å². The number of hydrogen-bond acceptors (Lipinski definition) is 29. The van der Waals surface area contributed by atoms with Crippen molar-refractivity contribution in [1.82, 2.24) is 90.4 Å². The maximum atomic E-state index is 14.7. The highest BCUT2D eigenvalue weighted by Crippen LogP contribution is 2.16. The van der Waals surface area contributed by atoms with Gasteiger partial charge in [-0.25, -0.2) is 0 Å². The fraction of sp³-hybridized carbons (Fsp3) is 0.787. The lowest BCUT2D eigenvalue weighted by Crippen LogP contribution is -2.61. The number of unbranched alkanes of at least 4 members (excludes halogenated alkanes) is 2. The molecule has 0 fully saturated rings. The summed E-state index contributed by atoms with van der Waals surface area (Å²) < 4.78 is 0. The molecule has 0 saturated heterocycles. The zero-order valence-electron chi connectivity index (χ0n) is 72.0. The van der Waals surface area contributed by atoms with Gasteiger partial charge in [0, 0.05) is 0 Å². The van der Waals surface area contributed by atoms with Gasteiger partial charge in [-0.05, 0) is 172 Å². The Bertz CT molecular complexity index is 3160. The number of hydrogen-bond donors (Lipinski definition) is 27. The lowest BCUT2D eigenvalue weighted by atomic mass is 9.96. The smallest absolute Gasteiger partial charge is 0.243 e. The Morgan fingerprint density at radius 2 is 0.655 bits per heavy atom. The summed E-state index contributed by atoms with van der Waals surface area (Å²) in [6.07, 6.45) is 1.82. The van der Waals surface area contributed by atoms with Crippen LogP contribution in [0.4, 0.5) is 0 Å². The average Bonchev–Trinajstić information content (AvgIpc) is 0.724. The fourth-order valence-corrected chi connectivity index (χ4v) is 12.2. The number of rotatable bonds is 65. The molecule has 37 N–H and O–H groups in total. The fourth-order valence-electron chi connectivity index (χ4n) is 11.7. The highest BCUT2D eigenvalue weighted by molar-refractivity contribution is 7.98. The van der Waals surface area contributed by atoms with E-state index in [0.717, 1.165) is 0 Å². The molecule has 0 aliphatic rings. The lowest BCUT2D eigenvalue weighted by Gasteiger charge is -2.30. The molecule has 0 radical (unpaired) electrons. The van der Waals surface area contributed by atoms with Crippen molar-refractivity contribution in [2.24, 2.45) is 86.9 Å². The van der Waals surface area contributed by atoms with Gasteiger partial charge in [-0.15, -0.1) is 0 Å². The van der Waals surface area contributed by atoms with Crippen LogP contribution in [-0.2, 0) is 76.7 Å². The summed E-state index contributed by atoms with van der Waals surface area (Å²) in [5.41, 5.74) is 57.4. The number of thioether (sulfide) groups is 1. The zero-order valence-corrected chi connectivity index (χ0v) is 72.8. The third kappa shape index (κ3) is 45.2. The van der Waals surface area contributed by atoms with Crippen molar-refractivity contribution in [3.8, 4) is 0 Å². The normalized spacial score (nSPS) is 15.8. The van der Waals surface area contributed by atoms with Crippen LogP contribution in [0.25, 0.3) is 0 Å². The predicted molar refractivity (Wildman–Crippen MR) is 452 cm³/mol. The molecule has 15 amide bonds. The van der Waals surface area contributed by atoms with E-state index >= 15 is 0 Å². The molecule has 0 aromatic rings. The second-order valence-corrected chi connectivity index (χ2v) is 31.8. The molecule has 0 spiro atoms.